The summed E-state index contributed by atoms with van der Waals surface area (Å²) in [6, 6.07) is 5.29. The fourth-order valence-electron chi connectivity index (χ4n) is 2.70. The molecule has 1 fully saturated rings. The van der Waals surface area contributed by atoms with Gasteiger partial charge in [0.25, 0.3) is 5.91 Å². The lowest BCUT2D eigenvalue weighted by molar-refractivity contribution is -0.138. The van der Waals surface area contributed by atoms with E-state index in [0.29, 0.717) is 36.8 Å². The number of amides is 1. The van der Waals surface area contributed by atoms with Crippen molar-refractivity contribution < 1.29 is 19.4 Å². The van der Waals surface area contributed by atoms with E-state index in [2.05, 4.69) is 0 Å². The second-order valence-corrected chi connectivity index (χ2v) is 6.29. The van der Waals surface area contributed by atoms with Crippen molar-refractivity contribution in [1.82, 2.24) is 9.80 Å². The third-order valence-corrected chi connectivity index (χ3v) is 3.85. The van der Waals surface area contributed by atoms with E-state index >= 15 is 0 Å². The predicted molar refractivity (Wildman–Crippen MR) is 87.0 cm³/mol. The molecule has 7 heteroatoms. The number of halogens is 1. The molecule has 1 heterocycles. The molecular weight excluding hydrogens is 320 g/mol. The van der Waals surface area contributed by atoms with E-state index in [0.717, 1.165) is 5.56 Å². The lowest BCUT2D eigenvalue weighted by Gasteiger charge is -2.34. The summed E-state index contributed by atoms with van der Waals surface area (Å²) in [5.74, 6) is -0.963. The molecule has 1 atom stereocenters. The minimum absolute atomic E-state index is 0.0543. The van der Waals surface area contributed by atoms with Gasteiger partial charge in [-0.3, -0.25) is 14.5 Å². The number of carbonyl (C=O) groups excluding carboxylic acids is 1. The molecule has 0 aliphatic carbocycles. The Balaban J connectivity index is 2.00. The van der Waals surface area contributed by atoms with Gasteiger partial charge in [0.2, 0.25) is 0 Å². The maximum atomic E-state index is 12.6. The smallest absolute Gasteiger partial charge is 0.317 e. The van der Waals surface area contributed by atoms with Crippen LogP contribution in [0.5, 0.6) is 0 Å². The van der Waals surface area contributed by atoms with Crippen molar-refractivity contribution in [2.24, 2.45) is 0 Å². The first-order chi connectivity index (χ1) is 10.8. The third kappa shape index (κ3) is 5.20. The van der Waals surface area contributed by atoms with Crippen molar-refractivity contribution in [3.05, 3.63) is 34.3 Å². The second kappa shape index (κ2) is 7.77. The number of benzene rings is 1. The minimum atomic E-state index is -0.884. The van der Waals surface area contributed by atoms with Crippen molar-refractivity contribution in [3.63, 3.8) is 0 Å². The van der Waals surface area contributed by atoms with Crippen molar-refractivity contribution in [2.75, 3.05) is 39.8 Å². The summed E-state index contributed by atoms with van der Waals surface area (Å²) in [4.78, 5) is 26.7. The van der Waals surface area contributed by atoms with Crippen LogP contribution in [0.4, 0.5) is 0 Å². The number of carboxylic acid groups (broad SMARTS) is 1. The van der Waals surface area contributed by atoms with Crippen molar-refractivity contribution in [3.8, 4) is 0 Å². The molecule has 1 saturated heterocycles. The van der Waals surface area contributed by atoms with E-state index in [1.54, 1.807) is 29.0 Å². The Bertz CT molecular complexity index is 573. The molecule has 0 aromatic heterocycles. The van der Waals surface area contributed by atoms with Crippen LogP contribution in [-0.2, 0) is 9.53 Å². The molecule has 0 radical (unpaired) electrons. The molecule has 23 heavy (non-hydrogen) atoms. The molecular formula is C16H21ClN2O4. The number of aryl methyl sites for hydroxylation is 1. The third-order valence-electron chi connectivity index (χ3n) is 3.64. The second-order valence-electron chi connectivity index (χ2n) is 5.85. The Morgan fingerprint density at radius 2 is 2.17 bits per heavy atom. The molecule has 6 nitrogen and oxygen atoms in total. The Hall–Kier alpha value is -1.63. The molecule has 1 aliphatic heterocycles. The topological polar surface area (TPSA) is 70.1 Å². The summed E-state index contributed by atoms with van der Waals surface area (Å²) in [5, 5.41) is 9.34. The van der Waals surface area contributed by atoms with Crippen LogP contribution >= 0.6 is 11.6 Å². The minimum Gasteiger partial charge on any atom is -0.480 e. The van der Waals surface area contributed by atoms with Crippen molar-refractivity contribution in [2.45, 2.75) is 13.0 Å². The first kappa shape index (κ1) is 17.7. The number of ether oxygens (including phenoxy) is 1. The van der Waals surface area contributed by atoms with E-state index in [-0.39, 0.29) is 18.6 Å². The molecule has 0 bridgehead atoms. The summed E-state index contributed by atoms with van der Waals surface area (Å²) in [5.41, 5.74) is 1.50. The van der Waals surface area contributed by atoms with Gasteiger partial charge in [0, 0.05) is 30.2 Å². The highest BCUT2D eigenvalue weighted by Gasteiger charge is 2.26. The van der Waals surface area contributed by atoms with Crippen molar-refractivity contribution >= 4 is 23.5 Å². The number of aliphatic carboxylic acids is 1. The monoisotopic (exact) mass is 340 g/mol. The molecule has 2 rings (SSSR count). The normalized spacial score (nSPS) is 18.3. The van der Waals surface area contributed by atoms with E-state index in [4.69, 9.17) is 21.4 Å². The Labute approximate surface area is 140 Å². The van der Waals surface area contributed by atoms with Gasteiger partial charge in [-0.05, 0) is 37.7 Å². The quantitative estimate of drug-likeness (QED) is 0.879. The summed E-state index contributed by atoms with van der Waals surface area (Å²) in [6.45, 7) is 3.70. The van der Waals surface area contributed by atoms with Crippen LogP contribution in [0.25, 0.3) is 0 Å². The number of carboxylic acids is 1. The average molecular weight is 341 g/mol. The first-order valence-corrected chi connectivity index (χ1v) is 7.81. The van der Waals surface area contributed by atoms with E-state index in [1.807, 2.05) is 13.0 Å². The molecule has 0 saturated carbocycles. The van der Waals surface area contributed by atoms with E-state index < -0.39 is 5.97 Å². The number of hydrogen-bond donors (Lipinski definition) is 1. The lowest BCUT2D eigenvalue weighted by Crippen LogP contribution is -2.49. The van der Waals surface area contributed by atoms with Gasteiger partial charge >= 0.3 is 5.97 Å². The maximum absolute atomic E-state index is 12.6. The largest absolute Gasteiger partial charge is 0.480 e. The fraction of sp³-hybridized carbons (Fsp3) is 0.500. The average Bonchev–Trinajstić information content (AvgIpc) is 2.44. The highest BCUT2D eigenvalue weighted by atomic mass is 35.5. The standard InChI is InChI=1S/C16H21ClN2O4/c1-11-5-12(7-13(17)6-11)16(22)19-3-4-23-14(9-19)8-18(2)10-15(20)21/h5-7,14H,3-4,8-10H2,1-2H3,(H,20,21). The van der Waals surface area contributed by atoms with Crippen LogP contribution < -0.4 is 0 Å². The van der Waals surface area contributed by atoms with Crippen LogP contribution in [0.3, 0.4) is 0 Å². The van der Waals surface area contributed by atoms with Gasteiger partial charge in [-0.2, -0.15) is 0 Å². The van der Waals surface area contributed by atoms with Crippen LogP contribution in [0.2, 0.25) is 5.02 Å². The summed E-state index contributed by atoms with van der Waals surface area (Å²) < 4.78 is 5.64. The lowest BCUT2D eigenvalue weighted by atomic mass is 10.1. The number of rotatable bonds is 5. The van der Waals surface area contributed by atoms with E-state index in [1.165, 1.54) is 0 Å². The molecule has 1 aromatic carbocycles. The van der Waals surface area contributed by atoms with Crippen LogP contribution in [0.15, 0.2) is 18.2 Å². The van der Waals surface area contributed by atoms with Gasteiger partial charge in [-0.1, -0.05) is 11.6 Å². The van der Waals surface area contributed by atoms with Gasteiger partial charge < -0.3 is 14.7 Å². The molecule has 1 aliphatic rings. The van der Waals surface area contributed by atoms with Gasteiger partial charge in [0.15, 0.2) is 0 Å². The molecule has 1 unspecified atom stereocenters. The summed E-state index contributed by atoms with van der Waals surface area (Å²) in [6.07, 6.45) is -0.197. The molecule has 126 valence electrons. The number of morpholine rings is 1. The first-order valence-electron chi connectivity index (χ1n) is 7.43. The van der Waals surface area contributed by atoms with Crippen LogP contribution in [0.1, 0.15) is 15.9 Å². The van der Waals surface area contributed by atoms with Gasteiger partial charge in [0.05, 0.1) is 19.3 Å². The number of likely N-dealkylation sites (N-methyl/N-ethyl adjacent to an activating group) is 1. The van der Waals surface area contributed by atoms with Crippen molar-refractivity contribution in [1.29, 1.82) is 0 Å². The van der Waals surface area contributed by atoms with Gasteiger partial charge in [-0.15, -0.1) is 0 Å². The SMILES string of the molecule is Cc1cc(Cl)cc(C(=O)N2CCOC(CN(C)CC(=O)O)C2)c1. The Morgan fingerprint density at radius 3 is 2.83 bits per heavy atom. The zero-order valence-electron chi connectivity index (χ0n) is 13.3. The summed E-state index contributed by atoms with van der Waals surface area (Å²) in [7, 11) is 1.72. The van der Waals surface area contributed by atoms with Gasteiger partial charge in [-0.25, -0.2) is 0 Å². The predicted octanol–water partition coefficient (Wildman–Crippen LogP) is 1.51. The number of hydrogen-bond acceptors (Lipinski definition) is 4. The van der Waals surface area contributed by atoms with Crippen LogP contribution in [-0.4, -0.2) is 72.7 Å². The maximum Gasteiger partial charge on any atom is 0.317 e. The highest BCUT2D eigenvalue weighted by Crippen LogP contribution is 2.18. The summed E-state index contributed by atoms with van der Waals surface area (Å²) >= 11 is 6.02. The zero-order chi connectivity index (χ0) is 17.0. The Kier molecular flexibility index (Phi) is 5.98. The molecule has 0 spiro atoms. The molecule has 1 amide bonds. The van der Waals surface area contributed by atoms with Crippen LogP contribution in [0, 0.1) is 6.92 Å². The van der Waals surface area contributed by atoms with E-state index in [9.17, 15) is 9.59 Å². The Morgan fingerprint density at radius 1 is 1.43 bits per heavy atom. The molecule has 1 aromatic rings. The van der Waals surface area contributed by atoms with Gasteiger partial charge in [0.1, 0.15) is 0 Å². The zero-order valence-corrected chi connectivity index (χ0v) is 14.0. The number of carbonyl (C=O) groups is 2. The highest BCUT2D eigenvalue weighted by molar-refractivity contribution is 6.31. The number of nitrogens with zero attached hydrogens (tertiary/aromatic N) is 2. The fourth-order valence-corrected chi connectivity index (χ4v) is 2.99. The molecule has 1 N–H and O–H groups in total.